The maximum Gasteiger partial charge on any atom is 0.237 e. The third-order valence-electron chi connectivity index (χ3n) is 5.04. The Morgan fingerprint density at radius 1 is 1.09 bits per heavy atom. The molecular formula is C17H32N2O3. The number of aliphatic hydroxyl groups is 1. The summed E-state index contributed by atoms with van der Waals surface area (Å²) in [5.41, 5.74) is 0. The van der Waals surface area contributed by atoms with Crippen molar-refractivity contribution >= 4 is 5.91 Å². The van der Waals surface area contributed by atoms with Crippen LogP contribution in [0.3, 0.4) is 0 Å². The van der Waals surface area contributed by atoms with Crippen LogP contribution < -0.4 is 10.6 Å². The van der Waals surface area contributed by atoms with Crippen molar-refractivity contribution in [2.75, 3.05) is 19.8 Å². The Labute approximate surface area is 134 Å². The van der Waals surface area contributed by atoms with Gasteiger partial charge >= 0.3 is 0 Å². The van der Waals surface area contributed by atoms with Gasteiger partial charge in [-0.05, 0) is 50.4 Å². The summed E-state index contributed by atoms with van der Waals surface area (Å²) in [5.74, 6) is 0.833. The minimum atomic E-state index is -0.126. The van der Waals surface area contributed by atoms with E-state index in [9.17, 15) is 9.90 Å². The van der Waals surface area contributed by atoms with Gasteiger partial charge in [0, 0.05) is 31.9 Å². The first-order valence-corrected chi connectivity index (χ1v) is 8.85. The van der Waals surface area contributed by atoms with E-state index < -0.39 is 0 Å². The summed E-state index contributed by atoms with van der Waals surface area (Å²) in [6, 6.07) is 0.531. The topological polar surface area (TPSA) is 70.6 Å². The molecule has 128 valence electrons. The molecule has 1 aliphatic carbocycles. The SMILES string of the molecule is CC(C)C(NC1CCOCC1)C(=O)NC1CCC(CO)CC1. The number of amides is 1. The second kappa shape index (κ2) is 8.85. The maximum absolute atomic E-state index is 12.6. The van der Waals surface area contributed by atoms with E-state index in [4.69, 9.17) is 4.74 Å². The van der Waals surface area contributed by atoms with Crippen LogP contribution >= 0.6 is 0 Å². The summed E-state index contributed by atoms with van der Waals surface area (Å²) >= 11 is 0. The molecule has 2 rings (SSSR count). The molecule has 0 radical (unpaired) electrons. The smallest absolute Gasteiger partial charge is 0.237 e. The van der Waals surface area contributed by atoms with E-state index in [1.165, 1.54) is 0 Å². The van der Waals surface area contributed by atoms with Gasteiger partial charge in [-0.25, -0.2) is 0 Å². The molecule has 0 aromatic heterocycles. The first-order valence-electron chi connectivity index (χ1n) is 8.85. The van der Waals surface area contributed by atoms with Gasteiger partial charge in [0.05, 0.1) is 6.04 Å². The molecule has 1 amide bonds. The number of aliphatic hydroxyl groups excluding tert-OH is 1. The summed E-state index contributed by atoms with van der Waals surface area (Å²) in [5, 5.41) is 15.9. The van der Waals surface area contributed by atoms with Crippen molar-refractivity contribution in [1.29, 1.82) is 0 Å². The van der Waals surface area contributed by atoms with Crippen molar-refractivity contribution in [2.24, 2.45) is 11.8 Å². The molecule has 1 aliphatic heterocycles. The quantitative estimate of drug-likeness (QED) is 0.694. The van der Waals surface area contributed by atoms with Crippen molar-refractivity contribution in [2.45, 2.75) is 70.5 Å². The van der Waals surface area contributed by atoms with Crippen molar-refractivity contribution in [3.05, 3.63) is 0 Å². The van der Waals surface area contributed by atoms with E-state index in [2.05, 4.69) is 24.5 Å². The summed E-state index contributed by atoms with van der Waals surface area (Å²) in [4.78, 5) is 12.6. The van der Waals surface area contributed by atoms with Gasteiger partial charge in [0.25, 0.3) is 0 Å². The van der Waals surface area contributed by atoms with Crippen molar-refractivity contribution in [1.82, 2.24) is 10.6 Å². The Kier molecular flexibility index (Phi) is 7.12. The molecule has 5 heteroatoms. The normalized spacial score (nSPS) is 28.5. The van der Waals surface area contributed by atoms with Gasteiger partial charge < -0.3 is 20.5 Å². The number of hydrogen-bond acceptors (Lipinski definition) is 4. The van der Waals surface area contributed by atoms with Crippen LogP contribution in [0.4, 0.5) is 0 Å². The van der Waals surface area contributed by atoms with Crippen LogP contribution in [0.2, 0.25) is 0 Å². The third kappa shape index (κ3) is 5.21. The number of rotatable bonds is 6. The largest absolute Gasteiger partial charge is 0.396 e. The summed E-state index contributed by atoms with van der Waals surface area (Å²) < 4.78 is 5.38. The molecule has 22 heavy (non-hydrogen) atoms. The molecule has 1 saturated carbocycles. The molecule has 2 fully saturated rings. The lowest BCUT2D eigenvalue weighted by Gasteiger charge is -2.33. The predicted octanol–water partition coefficient (Wildman–Crippen LogP) is 1.45. The first kappa shape index (κ1) is 17.7. The Balaban J connectivity index is 1.81. The fourth-order valence-corrected chi connectivity index (χ4v) is 3.47. The first-order chi connectivity index (χ1) is 10.6. The van der Waals surface area contributed by atoms with Gasteiger partial charge in [-0.1, -0.05) is 13.8 Å². The lowest BCUT2D eigenvalue weighted by atomic mass is 9.86. The van der Waals surface area contributed by atoms with Crippen LogP contribution in [0.15, 0.2) is 0 Å². The standard InChI is InChI=1S/C17H32N2O3/c1-12(2)16(18-15-7-9-22-10-8-15)17(21)19-14-5-3-13(11-20)4-6-14/h12-16,18,20H,3-11H2,1-2H3,(H,19,21). The van der Waals surface area contributed by atoms with Gasteiger partial charge in [-0.15, -0.1) is 0 Å². The van der Waals surface area contributed by atoms with E-state index in [0.29, 0.717) is 12.0 Å². The number of carbonyl (C=O) groups excluding carboxylic acids is 1. The van der Waals surface area contributed by atoms with Crippen molar-refractivity contribution in [3.63, 3.8) is 0 Å². The number of ether oxygens (including phenoxy) is 1. The average Bonchev–Trinajstić information content (AvgIpc) is 2.54. The molecule has 5 nitrogen and oxygen atoms in total. The van der Waals surface area contributed by atoms with Gasteiger partial charge in [0.2, 0.25) is 5.91 Å². The van der Waals surface area contributed by atoms with Gasteiger partial charge in [-0.2, -0.15) is 0 Å². The van der Waals surface area contributed by atoms with Crippen LogP contribution in [-0.4, -0.2) is 49.0 Å². The number of carbonyl (C=O) groups is 1. The minimum Gasteiger partial charge on any atom is -0.396 e. The second-order valence-corrected chi connectivity index (χ2v) is 7.18. The highest BCUT2D eigenvalue weighted by Gasteiger charge is 2.29. The molecule has 1 unspecified atom stereocenters. The average molecular weight is 312 g/mol. The molecule has 3 N–H and O–H groups in total. The van der Waals surface area contributed by atoms with E-state index in [0.717, 1.165) is 51.7 Å². The Hall–Kier alpha value is -0.650. The number of nitrogens with one attached hydrogen (secondary N) is 2. The molecule has 1 atom stereocenters. The minimum absolute atomic E-state index is 0.126. The molecular weight excluding hydrogens is 280 g/mol. The maximum atomic E-state index is 12.6. The molecule has 2 aliphatic rings. The van der Waals surface area contributed by atoms with Crippen LogP contribution in [0.5, 0.6) is 0 Å². The lowest BCUT2D eigenvalue weighted by Crippen LogP contribution is -2.54. The summed E-state index contributed by atoms with van der Waals surface area (Å²) in [7, 11) is 0. The lowest BCUT2D eigenvalue weighted by molar-refractivity contribution is -0.125. The Morgan fingerprint density at radius 2 is 1.73 bits per heavy atom. The van der Waals surface area contributed by atoms with Crippen LogP contribution in [0.25, 0.3) is 0 Å². The number of hydrogen-bond donors (Lipinski definition) is 3. The molecule has 1 heterocycles. The molecule has 0 spiro atoms. The fraction of sp³-hybridized carbons (Fsp3) is 0.941. The predicted molar refractivity (Wildman–Crippen MR) is 86.6 cm³/mol. The Bertz CT molecular complexity index is 335. The monoisotopic (exact) mass is 312 g/mol. The second-order valence-electron chi connectivity index (χ2n) is 7.18. The fourth-order valence-electron chi connectivity index (χ4n) is 3.47. The van der Waals surface area contributed by atoms with Gasteiger partial charge in [0.15, 0.2) is 0 Å². The molecule has 0 aromatic rings. The van der Waals surface area contributed by atoms with E-state index in [1.54, 1.807) is 0 Å². The summed E-state index contributed by atoms with van der Waals surface area (Å²) in [6.45, 7) is 6.05. The zero-order valence-corrected chi connectivity index (χ0v) is 14.0. The molecule has 1 saturated heterocycles. The zero-order chi connectivity index (χ0) is 15.9. The highest BCUT2D eigenvalue weighted by molar-refractivity contribution is 5.82. The highest BCUT2D eigenvalue weighted by atomic mass is 16.5. The Morgan fingerprint density at radius 3 is 2.27 bits per heavy atom. The molecule has 0 aromatic carbocycles. The van der Waals surface area contributed by atoms with Crippen LogP contribution in [0, 0.1) is 11.8 Å². The van der Waals surface area contributed by atoms with Crippen LogP contribution in [-0.2, 0) is 9.53 Å². The van der Waals surface area contributed by atoms with E-state index in [1.807, 2.05) is 0 Å². The molecule has 0 bridgehead atoms. The van der Waals surface area contributed by atoms with Crippen molar-refractivity contribution in [3.8, 4) is 0 Å². The van der Waals surface area contributed by atoms with Gasteiger partial charge in [0.1, 0.15) is 0 Å². The van der Waals surface area contributed by atoms with Crippen LogP contribution in [0.1, 0.15) is 52.4 Å². The van der Waals surface area contributed by atoms with Gasteiger partial charge in [-0.3, -0.25) is 4.79 Å². The highest BCUT2D eigenvalue weighted by Crippen LogP contribution is 2.24. The third-order valence-corrected chi connectivity index (χ3v) is 5.04. The summed E-state index contributed by atoms with van der Waals surface area (Å²) in [6.07, 6.45) is 5.97. The zero-order valence-electron chi connectivity index (χ0n) is 14.0. The van der Waals surface area contributed by atoms with Crippen molar-refractivity contribution < 1.29 is 14.6 Å². The van der Waals surface area contributed by atoms with E-state index >= 15 is 0 Å². The van der Waals surface area contributed by atoms with E-state index in [-0.39, 0.29) is 30.5 Å².